The standard InChI is InChI=1S/C15H18ClFN2/c1-10(2)15(18)12-5-6-19(9-12)8-11-3-4-13(16)7-14(11)17/h3-7,9-10,15H,8,18H2,1-2H3. The van der Waals surface area contributed by atoms with E-state index in [1.807, 2.05) is 23.0 Å². The second-order valence-electron chi connectivity index (χ2n) is 5.12. The van der Waals surface area contributed by atoms with Gasteiger partial charge in [-0.15, -0.1) is 0 Å². The number of hydrogen-bond donors (Lipinski definition) is 1. The molecule has 2 rings (SSSR count). The minimum Gasteiger partial charge on any atom is -0.349 e. The van der Waals surface area contributed by atoms with E-state index in [0.717, 1.165) is 5.56 Å². The predicted octanol–water partition coefficient (Wildman–Crippen LogP) is 3.98. The lowest BCUT2D eigenvalue weighted by Gasteiger charge is -2.13. The lowest BCUT2D eigenvalue weighted by atomic mass is 10.00. The molecule has 2 aromatic rings. The third-order valence-corrected chi connectivity index (χ3v) is 3.48. The van der Waals surface area contributed by atoms with Crippen LogP contribution in [0.2, 0.25) is 5.02 Å². The number of benzene rings is 1. The molecule has 0 saturated heterocycles. The smallest absolute Gasteiger partial charge is 0.129 e. The summed E-state index contributed by atoms with van der Waals surface area (Å²) in [7, 11) is 0. The van der Waals surface area contributed by atoms with E-state index in [1.54, 1.807) is 12.1 Å². The number of rotatable bonds is 4. The summed E-state index contributed by atoms with van der Waals surface area (Å²) in [5, 5.41) is 0.413. The van der Waals surface area contributed by atoms with E-state index in [1.165, 1.54) is 6.07 Å². The van der Waals surface area contributed by atoms with Gasteiger partial charge < -0.3 is 10.3 Å². The molecule has 0 aliphatic heterocycles. The molecular weight excluding hydrogens is 263 g/mol. The zero-order valence-corrected chi connectivity index (χ0v) is 11.9. The molecule has 4 heteroatoms. The Balaban J connectivity index is 2.16. The molecule has 0 spiro atoms. The number of halogens is 2. The van der Waals surface area contributed by atoms with Gasteiger partial charge in [0.1, 0.15) is 5.82 Å². The summed E-state index contributed by atoms with van der Waals surface area (Å²) in [6.07, 6.45) is 3.89. The zero-order chi connectivity index (χ0) is 14.0. The van der Waals surface area contributed by atoms with Crippen molar-refractivity contribution in [2.24, 2.45) is 11.7 Å². The van der Waals surface area contributed by atoms with Gasteiger partial charge in [0.15, 0.2) is 0 Å². The SMILES string of the molecule is CC(C)C(N)c1ccn(Cc2ccc(Cl)cc2F)c1. The van der Waals surface area contributed by atoms with Gasteiger partial charge in [0.05, 0.1) is 0 Å². The molecule has 0 amide bonds. The minimum absolute atomic E-state index is 0.0105. The highest BCUT2D eigenvalue weighted by molar-refractivity contribution is 6.30. The lowest BCUT2D eigenvalue weighted by molar-refractivity contribution is 0.513. The van der Waals surface area contributed by atoms with Crippen molar-refractivity contribution in [3.63, 3.8) is 0 Å². The Bertz CT molecular complexity index is 563. The monoisotopic (exact) mass is 280 g/mol. The van der Waals surface area contributed by atoms with Gasteiger partial charge in [-0.05, 0) is 29.7 Å². The van der Waals surface area contributed by atoms with Crippen LogP contribution < -0.4 is 5.73 Å². The summed E-state index contributed by atoms with van der Waals surface area (Å²) < 4.78 is 15.6. The predicted molar refractivity (Wildman–Crippen MR) is 76.7 cm³/mol. The molecule has 1 unspecified atom stereocenters. The van der Waals surface area contributed by atoms with Crippen LogP contribution in [-0.2, 0) is 6.54 Å². The first kappa shape index (κ1) is 14.1. The van der Waals surface area contributed by atoms with Gasteiger partial charge in [0.25, 0.3) is 0 Å². The minimum atomic E-state index is -0.282. The Morgan fingerprint density at radius 3 is 2.68 bits per heavy atom. The molecule has 0 aliphatic carbocycles. The topological polar surface area (TPSA) is 30.9 Å². The summed E-state index contributed by atoms with van der Waals surface area (Å²) in [5.74, 6) is 0.0963. The van der Waals surface area contributed by atoms with E-state index in [0.29, 0.717) is 23.0 Å². The van der Waals surface area contributed by atoms with Crippen molar-refractivity contribution in [3.8, 4) is 0 Å². The molecule has 1 aromatic heterocycles. The first-order valence-electron chi connectivity index (χ1n) is 6.32. The maximum absolute atomic E-state index is 13.7. The molecule has 0 bridgehead atoms. The average Bonchev–Trinajstić information content (AvgIpc) is 2.80. The molecule has 102 valence electrons. The van der Waals surface area contributed by atoms with Crippen molar-refractivity contribution in [3.05, 3.63) is 58.6 Å². The van der Waals surface area contributed by atoms with Gasteiger partial charge in [-0.25, -0.2) is 4.39 Å². The van der Waals surface area contributed by atoms with Crippen LogP contribution in [0.15, 0.2) is 36.7 Å². The van der Waals surface area contributed by atoms with Crippen molar-refractivity contribution < 1.29 is 4.39 Å². The van der Waals surface area contributed by atoms with Crippen molar-refractivity contribution in [2.45, 2.75) is 26.4 Å². The number of aromatic nitrogens is 1. The van der Waals surface area contributed by atoms with Crippen LogP contribution in [0.3, 0.4) is 0 Å². The van der Waals surface area contributed by atoms with Crippen LogP contribution in [0, 0.1) is 11.7 Å². The molecule has 19 heavy (non-hydrogen) atoms. The van der Waals surface area contributed by atoms with Crippen LogP contribution in [-0.4, -0.2) is 4.57 Å². The molecule has 0 fully saturated rings. The molecule has 1 heterocycles. The van der Waals surface area contributed by atoms with Gasteiger partial charge in [-0.2, -0.15) is 0 Å². The highest BCUT2D eigenvalue weighted by atomic mass is 35.5. The van der Waals surface area contributed by atoms with Crippen molar-refractivity contribution in [1.29, 1.82) is 0 Å². The van der Waals surface area contributed by atoms with E-state index in [-0.39, 0.29) is 11.9 Å². The van der Waals surface area contributed by atoms with Crippen LogP contribution in [0.5, 0.6) is 0 Å². The third-order valence-electron chi connectivity index (χ3n) is 3.24. The quantitative estimate of drug-likeness (QED) is 0.902. The largest absolute Gasteiger partial charge is 0.349 e. The highest BCUT2D eigenvalue weighted by Crippen LogP contribution is 2.20. The van der Waals surface area contributed by atoms with E-state index in [2.05, 4.69) is 13.8 Å². The molecule has 2 nitrogen and oxygen atoms in total. The van der Waals surface area contributed by atoms with Gasteiger partial charge in [0, 0.05) is 35.6 Å². The van der Waals surface area contributed by atoms with Crippen LogP contribution in [0.1, 0.15) is 31.0 Å². The van der Waals surface area contributed by atoms with Crippen LogP contribution in [0.25, 0.3) is 0 Å². The second-order valence-corrected chi connectivity index (χ2v) is 5.56. The summed E-state index contributed by atoms with van der Waals surface area (Å²) in [6, 6.07) is 6.74. The molecular formula is C15H18ClFN2. The summed E-state index contributed by atoms with van der Waals surface area (Å²) >= 11 is 5.74. The van der Waals surface area contributed by atoms with Gasteiger partial charge >= 0.3 is 0 Å². The fraction of sp³-hybridized carbons (Fsp3) is 0.333. The Hall–Kier alpha value is -1.32. The maximum atomic E-state index is 13.7. The van der Waals surface area contributed by atoms with E-state index >= 15 is 0 Å². The lowest BCUT2D eigenvalue weighted by Crippen LogP contribution is -2.15. The fourth-order valence-electron chi connectivity index (χ4n) is 1.99. The molecule has 2 N–H and O–H groups in total. The zero-order valence-electron chi connectivity index (χ0n) is 11.1. The van der Waals surface area contributed by atoms with Gasteiger partial charge in [-0.1, -0.05) is 31.5 Å². The molecule has 0 saturated carbocycles. The summed E-state index contributed by atoms with van der Waals surface area (Å²) in [6.45, 7) is 4.65. The van der Waals surface area contributed by atoms with E-state index < -0.39 is 0 Å². The van der Waals surface area contributed by atoms with Crippen molar-refractivity contribution >= 4 is 11.6 Å². The normalized spacial score (nSPS) is 12.9. The Morgan fingerprint density at radius 1 is 1.32 bits per heavy atom. The van der Waals surface area contributed by atoms with Gasteiger partial charge in [0.2, 0.25) is 0 Å². The summed E-state index contributed by atoms with van der Waals surface area (Å²) in [5.41, 5.74) is 7.78. The molecule has 1 atom stereocenters. The van der Waals surface area contributed by atoms with Crippen LogP contribution >= 0.6 is 11.6 Å². The average molecular weight is 281 g/mol. The van der Waals surface area contributed by atoms with E-state index in [9.17, 15) is 4.39 Å². The third kappa shape index (κ3) is 3.37. The van der Waals surface area contributed by atoms with Crippen molar-refractivity contribution in [1.82, 2.24) is 4.57 Å². The Labute approximate surface area is 118 Å². The Morgan fingerprint density at radius 2 is 2.05 bits per heavy atom. The number of hydrogen-bond acceptors (Lipinski definition) is 1. The van der Waals surface area contributed by atoms with Gasteiger partial charge in [-0.3, -0.25) is 0 Å². The Kier molecular flexibility index (Phi) is 4.27. The van der Waals surface area contributed by atoms with E-state index in [4.69, 9.17) is 17.3 Å². The first-order chi connectivity index (χ1) is 8.97. The maximum Gasteiger partial charge on any atom is 0.129 e. The summed E-state index contributed by atoms with van der Waals surface area (Å²) in [4.78, 5) is 0. The number of nitrogens with zero attached hydrogens (tertiary/aromatic N) is 1. The molecule has 0 radical (unpaired) electrons. The van der Waals surface area contributed by atoms with Crippen LogP contribution in [0.4, 0.5) is 4.39 Å². The molecule has 0 aliphatic rings. The first-order valence-corrected chi connectivity index (χ1v) is 6.70. The van der Waals surface area contributed by atoms with Crippen molar-refractivity contribution in [2.75, 3.05) is 0 Å². The second kappa shape index (κ2) is 5.76. The number of nitrogens with two attached hydrogens (primary N) is 1. The fourth-order valence-corrected chi connectivity index (χ4v) is 2.15. The molecule has 1 aromatic carbocycles. The highest BCUT2D eigenvalue weighted by Gasteiger charge is 2.12.